The van der Waals surface area contributed by atoms with Gasteiger partial charge in [-0.15, -0.1) is 0 Å². The van der Waals surface area contributed by atoms with Crippen molar-refractivity contribution in [2.24, 2.45) is 0 Å². The third kappa shape index (κ3) is 3.81. The summed E-state index contributed by atoms with van der Waals surface area (Å²) in [6, 6.07) is 10.5. The summed E-state index contributed by atoms with van der Waals surface area (Å²) in [7, 11) is -3.26. The quantitative estimate of drug-likeness (QED) is 0.615. The summed E-state index contributed by atoms with van der Waals surface area (Å²) < 4.78 is 25.1. The molecular weight excluding hydrogens is 418 g/mol. The molecule has 6 nitrogen and oxygen atoms in total. The third-order valence-electron chi connectivity index (χ3n) is 5.61. The van der Waals surface area contributed by atoms with Crippen LogP contribution in [-0.2, 0) is 9.84 Å². The van der Waals surface area contributed by atoms with Crippen LogP contribution < -0.4 is 4.90 Å². The van der Waals surface area contributed by atoms with Crippen molar-refractivity contribution in [1.82, 2.24) is 9.88 Å². The van der Waals surface area contributed by atoms with Crippen molar-refractivity contribution in [2.75, 3.05) is 36.8 Å². The van der Waals surface area contributed by atoms with Gasteiger partial charge < -0.3 is 9.80 Å². The fraction of sp³-hybridized carbons (Fsp3) is 0.364. The molecule has 0 N–H and O–H groups in total. The summed E-state index contributed by atoms with van der Waals surface area (Å²) in [6.07, 6.45) is 0. The molecule has 0 radical (unpaired) electrons. The van der Waals surface area contributed by atoms with Crippen LogP contribution in [0.1, 0.15) is 28.4 Å². The van der Waals surface area contributed by atoms with Crippen molar-refractivity contribution in [3.8, 4) is 0 Å². The van der Waals surface area contributed by atoms with E-state index in [4.69, 9.17) is 4.98 Å². The van der Waals surface area contributed by atoms with Crippen LogP contribution in [0.15, 0.2) is 41.3 Å². The second-order valence-corrected chi connectivity index (χ2v) is 10.8. The van der Waals surface area contributed by atoms with Gasteiger partial charge in [-0.1, -0.05) is 30.4 Å². The van der Waals surface area contributed by atoms with Gasteiger partial charge in [0.05, 0.1) is 20.9 Å². The van der Waals surface area contributed by atoms with E-state index in [1.807, 2.05) is 4.90 Å². The number of anilines is 1. The van der Waals surface area contributed by atoms with E-state index in [1.165, 1.54) is 28.0 Å². The number of rotatable bonds is 4. The van der Waals surface area contributed by atoms with Gasteiger partial charge >= 0.3 is 0 Å². The highest BCUT2D eigenvalue weighted by Crippen LogP contribution is 2.33. The number of piperazine rings is 1. The molecule has 1 saturated heterocycles. The summed E-state index contributed by atoms with van der Waals surface area (Å²) in [5.74, 6) is -0.0151. The summed E-state index contributed by atoms with van der Waals surface area (Å²) in [5.41, 5.74) is 4.00. The first-order chi connectivity index (χ1) is 14.3. The maximum atomic E-state index is 12.8. The predicted octanol–water partition coefficient (Wildman–Crippen LogP) is 3.67. The minimum atomic E-state index is -3.26. The monoisotopic (exact) mass is 443 g/mol. The summed E-state index contributed by atoms with van der Waals surface area (Å²) >= 11 is 1.71. The molecule has 0 spiro atoms. The molecule has 1 aliphatic heterocycles. The Balaban J connectivity index is 1.45. The van der Waals surface area contributed by atoms with Gasteiger partial charge in [0.25, 0.3) is 5.91 Å². The Morgan fingerprint density at radius 1 is 1.00 bits per heavy atom. The number of thiazole rings is 1. The molecule has 4 rings (SSSR count). The molecule has 0 atom stereocenters. The second-order valence-electron chi connectivity index (χ2n) is 7.58. The third-order valence-corrected chi connectivity index (χ3v) is 8.61. The van der Waals surface area contributed by atoms with Crippen molar-refractivity contribution < 1.29 is 13.2 Å². The predicted molar refractivity (Wildman–Crippen MR) is 121 cm³/mol. The van der Waals surface area contributed by atoms with E-state index < -0.39 is 9.84 Å². The van der Waals surface area contributed by atoms with Crippen LogP contribution in [0.2, 0.25) is 0 Å². The molecule has 2 heterocycles. The Morgan fingerprint density at radius 3 is 2.23 bits per heavy atom. The van der Waals surface area contributed by atoms with E-state index in [0.717, 1.165) is 23.7 Å². The second kappa shape index (κ2) is 8.00. The van der Waals surface area contributed by atoms with E-state index in [2.05, 4.69) is 30.9 Å². The number of aryl methyl sites for hydroxylation is 2. The van der Waals surface area contributed by atoms with E-state index in [0.29, 0.717) is 18.7 Å². The maximum Gasteiger partial charge on any atom is 0.253 e. The molecule has 3 aromatic rings. The van der Waals surface area contributed by atoms with E-state index >= 15 is 0 Å². The van der Waals surface area contributed by atoms with Gasteiger partial charge in [-0.3, -0.25) is 4.79 Å². The number of carbonyl (C=O) groups is 1. The highest BCUT2D eigenvalue weighted by molar-refractivity contribution is 7.91. The number of sulfone groups is 1. The minimum absolute atomic E-state index is 0.0487. The molecule has 8 heteroatoms. The molecular formula is C22H25N3O3S2. The number of amides is 1. The smallest absolute Gasteiger partial charge is 0.253 e. The Kier molecular flexibility index (Phi) is 5.55. The molecule has 0 saturated carbocycles. The standard InChI is InChI=1S/C22H25N3O3S2/c1-4-30(27,28)18-9-7-17(8-10-18)21(26)24-11-13-25(14-12-24)22-23-19-15(2)5-6-16(3)20(19)29-22/h5-10H,4,11-14H2,1-3H3. The van der Waals surface area contributed by atoms with Crippen LogP contribution in [0.25, 0.3) is 10.2 Å². The number of nitrogens with zero attached hydrogens (tertiary/aromatic N) is 3. The first-order valence-corrected chi connectivity index (χ1v) is 12.5. The van der Waals surface area contributed by atoms with Crippen LogP contribution in [0, 0.1) is 13.8 Å². The number of hydrogen-bond donors (Lipinski definition) is 0. The number of aromatic nitrogens is 1. The summed E-state index contributed by atoms with van der Waals surface area (Å²) in [6.45, 7) is 8.49. The number of carbonyl (C=O) groups excluding carboxylic acids is 1. The molecule has 158 valence electrons. The van der Waals surface area contributed by atoms with Crippen molar-refractivity contribution in [3.63, 3.8) is 0 Å². The molecule has 0 unspecified atom stereocenters. The fourth-order valence-corrected chi connectivity index (χ4v) is 5.69. The average Bonchev–Trinajstić information content (AvgIpc) is 3.23. The van der Waals surface area contributed by atoms with Crippen LogP contribution in [0.4, 0.5) is 5.13 Å². The normalized spacial score (nSPS) is 15.0. The van der Waals surface area contributed by atoms with E-state index in [9.17, 15) is 13.2 Å². The summed E-state index contributed by atoms with van der Waals surface area (Å²) in [4.78, 5) is 22.0. The topological polar surface area (TPSA) is 70.6 Å². The molecule has 1 fully saturated rings. The van der Waals surface area contributed by atoms with Gasteiger partial charge in [-0.05, 0) is 49.2 Å². The van der Waals surface area contributed by atoms with Crippen molar-refractivity contribution in [2.45, 2.75) is 25.7 Å². The Labute approximate surface area is 181 Å². The highest BCUT2D eigenvalue weighted by Gasteiger charge is 2.24. The minimum Gasteiger partial charge on any atom is -0.345 e. The summed E-state index contributed by atoms with van der Waals surface area (Å²) in [5, 5.41) is 1.00. The molecule has 2 aromatic carbocycles. The van der Waals surface area contributed by atoms with Gasteiger partial charge in [0, 0.05) is 31.7 Å². The molecule has 30 heavy (non-hydrogen) atoms. The largest absolute Gasteiger partial charge is 0.345 e. The number of fused-ring (bicyclic) bond motifs is 1. The maximum absolute atomic E-state index is 12.8. The molecule has 0 bridgehead atoms. The first kappa shape index (κ1) is 20.8. The average molecular weight is 444 g/mol. The van der Waals surface area contributed by atoms with Crippen LogP contribution in [0.3, 0.4) is 0 Å². The van der Waals surface area contributed by atoms with Gasteiger partial charge in [0.1, 0.15) is 0 Å². The van der Waals surface area contributed by atoms with Gasteiger partial charge in [0.15, 0.2) is 15.0 Å². The SMILES string of the molecule is CCS(=O)(=O)c1ccc(C(=O)N2CCN(c3nc4c(C)ccc(C)c4s3)CC2)cc1. The lowest BCUT2D eigenvalue weighted by Crippen LogP contribution is -2.48. The Bertz CT molecular complexity index is 1150. The van der Waals surface area contributed by atoms with Gasteiger partial charge in [0.2, 0.25) is 0 Å². The lowest BCUT2D eigenvalue weighted by molar-refractivity contribution is 0.0746. The molecule has 1 amide bonds. The first-order valence-electron chi connectivity index (χ1n) is 10.0. The number of benzene rings is 2. The zero-order valence-electron chi connectivity index (χ0n) is 17.4. The zero-order chi connectivity index (χ0) is 21.5. The molecule has 1 aromatic heterocycles. The fourth-order valence-electron chi connectivity index (χ4n) is 3.64. The molecule has 1 aliphatic rings. The van der Waals surface area contributed by atoms with Crippen molar-refractivity contribution in [3.05, 3.63) is 53.1 Å². The zero-order valence-corrected chi connectivity index (χ0v) is 19.0. The lowest BCUT2D eigenvalue weighted by Gasteiger charge is -2.34. The number of hydrogen-bond acceptors (Lipinski definition) is 6. The van der Waals surface area contributed by atoms with Crippen molar-refractivity contribution in [1.29, 1.82) is 0 Å². The van der Waals surface area contributed by atoms with Crippen LogP contribution in [0.5, 0.6) is 0 Å². The van der Waals surface area contributed by atoms with Gasteiger partial charge in [-0.2, -0.15) is 0 Å². The van der Waals surface area contributed by atoms with Crippen LogP contribution >= 0.6 is 11.3 Å². The lowest BCUT2D eigenvalue weighted by atomic mass is 10.1. The highest BCUT2D eigenvalue weighted by atomic mass is 32.2. The van der Waals surface area contributed by atoms with E-state index in [-0.39, 0.29) is 16.6 Å². The van der Waals surface area contributed by atoms with E-state index in [1.54, 1.807) is 30.4 Å². The van der Waals surface area contributed by atoms with Crippen molar-refractivity contribution >= 4 is 42.4 Å². The van der Waals surface area contributed by atoms with Crippen LogP contribution in [-0.4, -0.2) is 56.1 Å². The van der Waals surface area contributed by atoms with Gasteiger partial charge in [-0.25, -0.2) is 13.4 Å². The Hall–Kier alpha value is -2.45. The molecule has 0 aliphatic carbocycles. The Morgan fingerprint density at radius 2 is 1.63 bits per heavy atom.